The van der Waals surface area contributed by atoms with E-state index in [1.54, 1.807) is 0 Å². The lowest BCUT2D eigenvalue weighted by molar-refractivity contribution is 0.138. The Bertz CT molecular complexity index is 628. The van der Waals surface area contributed by atoms with Crippen molar-refractivity contribution in [2.45, 2.75) is 202 Å². The fraction of sp³-hybridized carbons (Fsp3) is 1.00. The first-order valence-electron chi connectivity index (χ1n) is 21.0. The van der Waals surface area contributed by atoms with Crippen LogP contribution >= 0.6 is 7.75 Å². The predicted octanol–water partition coefficient (Wildman–Crippen LogP) is 12.5. The molecule has 47 heavy (non-hydrogen) atoms. The van der Waals surface area contributed by atoms with Crippen molar-refractivity contribution in [3.63, 3.8) is 0 Å². The van der Waals surface area contributed by atoms with Crippen LogP contribution in [-0.2, 0) is 13.6 Å². The molecular formula is C40H85N2O4P. The van der Waals surface area contributed by atoms with Gasteiger partial charge in [0, 0.05) is 19.6 Å². The van der Waals surface area contributed by atoms with Crippen LogP contribution < -0.4 is 5.09 Å². The maximum Gasteiger partial charge on any atom is 0.405 e. The van der Waals surface area contributed by atoms with Gasteiger partial charge in [-0.25, -0.2) is 9.65 Å². The lowest BCUT2D eigenvalue weighted by Crippen LogP contribution is -2.34. The largest absolute Gasteiger partial charge is 0.405 e. The number of aliphatic hydroxyl groups is 1. The Kier molecular flexibility index (Phi) is 35.9. The molecule has 0 aromatic heterocycles. The average Bonchev–Trinajstić information content (AvgIpc) is 3.07. The Morgan fingerprint density at radius 3 is 1.26 bits per heavy atom. The molecule has 6 nitrogen and oxygen atoms in total. The number of rotatable bonds is 39. The predicted molar refractivity (Wildman–Crippen MR) is 206 cm³/mol. The Hall–Kier alpha value is 0.0300. The molecule has 0 rings (SSSR count). The molecule has 0 saturated heterocycles. The molecule has 0 heterocycles. The smallest absolute Gasteiger partial charge is 0.395 e. The van der Waals surface area contributed by atoms with Crippen molar-refractivity contribution >= 4 is 7.75 Å². The molecule has 2 N–H and O–H groups in total. The summed E-state index contributed by atoms with van der Waals surface area (Å²) in [5.41, 5.74) is 0. The molecule has 0 fully saturated rings. The van der Waals surface area contributed by atoms with Gasteiger partial charge in [0.15, 0.2) is 0 Å². The van der Waals surface area contributed by atoms with Crippen LogP contribution in [-0.4, -0.2) is 56.0 Å². The maximum atomic E-state index is 14.4. The van der Waals surface area contributed by atoms with Crippen molar-refractivity contribution in [1.29, 1.82) is 0 Å². The molecule has 0 aromatic carbocycles. The van der Waals surface area contributed by atoms with Gasteiger partial charge in [-0.3, -0.25) is 13.9 Å². The minimum absolute atomic E-state index is 0.144. The number of aliphatic hydroxyl groups excluding tert-OH is 1. The third kappa shape index (κ3) is 30.6. The Morgan fingerprint density at radius 2 is 0.872 bits per heavy atom. The summed E-state index contributed by atoms with van der Waals surface area (Å²) >= 11 is 0. The summed E-state index contributed by atoms with van der Waals surface area (Å²) in [7, 11) is -3.46. The maximum absolute atomic E-state index is 14.4. The number of nitrogens with one attached hydrogen (secondary N) is 1. The summed E-state index contributed by atoms with van der Waals surface area (Å²) in [4.78, 5) is 2.25. The molecule has 0 aromatic rings. The lowest BCUT2D eigenvalue weighted by Gasteiger charge is -2.27. The van der Waals surface area contributed by atoms with Gasteiger partial charge >= 0.3 is 7.75 Å². The number of hydrogen-bond donors (Lipinski definition) is 2. The number of nitrogens with zero attached hydrogens (tertiary/aromatic N) is 1. The molecule has 0 spiro atoms. The van der Waals surface area contributed by atoms with E-state index in [1.165, 1.54) is 128 Å². The summed E-state index contributed by atoms with van der Waals surface area (Å²) < 4.78 is 27.2. The van der Waals surface area contributed by atoms with Crippen LogP contribution in [0, 0.1) is 11.8 Å². The van der Waals surface area contributed by atoms with Crippen molar-refractivity contribution in [3.8, 4) is 0 Å². The second-order valence-electron chi connectivity index (χ2n) is 14.5. The molecule has 7 heteroatoms. The Labute approximate surface area is 295 Å². The highest BCUT2D eigenvalue weighted by Gasteiger charge is 2.28. The standard InChI is InChI=1S/C40H85N2O4P/c1-6-11-16-20-22-26-30-39(28-24-18-13-8-3)37-45-47(44,41-32-34-42(35-36-43)33-15-10-5)46-38-40(29-25-19-14-9-4)31-27-23-21-17-12-7-2/h39-40,43H,6-38H2,1-5H3,(H,41,44). The second-order valence-corrected chi connectivity index (χ2v) is 16.3. The second kappa shape index (κ2) is 35.8. The van der Waals surface area contributed by atoms with E-state index in [-0.39, 0.29) is 6.61 Å². The van der Waals surface area contributed by atoms with Gasteiger partial charge < -0.3 is 5.11 Å². The fourth-order valence-corrected chi connectivity index (χ4v) is 7.95. The molecule has 0 saturated carbocycles. The van der Waals surface area contributed by atoms with Crippen molar-refractivity contribution in [1.82, 2.24) is 9.99 Å². The van der Waals surface area contributed by atoms with Gasteiger partial charge in [0.1, 0.15) is 0 Å². The highest BCUT2D eigenvalue weighted by atomic mass is 31.2. The van der Waals surface area contributed by atoms with E-state index in [2.05, 4.69) is 44.6 Å². The van der Waals surface area contributed by atoms with Crippen molar-refractivity contribution in [2.75, 3.05) is 46.0 Å². The van der Waals surface area contributed by atoms with E-state index in [0.717, 1.165) is 51.6 Å². The van der Waals surface area contributed by atoms with Crippen LogP contribution in [0.5, 0.6) is 0 Å². The van der Waals surface area contributed by atoms with E-state index in [9.17, 15) is 9.67 Å². The molecule has 0 aliphatic rings. The monoisotopic (exact) mass is 689 g/mol. The van der Waals surface area contributed by atoms with Gasteiger partial charge in [-0.1, -0.05) is 169 Å². The fourth-order valence-electron chi connectivity index (χ4n) is 6.51. The Morgan fingerprint density at radius 1 is 0.511 bits per heavy atom. The van der Waals surface area contributed by atoms with Crippen LogP contribution in [0.25, 0.3) is 0 Å². The zero-order chi connectivity index (χ0) is 34.7. The Balaban J connectivity index is 5.48. The van der Waals surface area contributed by atoms with Crippen molar-refractivity contribution in [2.24, 2.45) is 11.8 Å². The molecule has 2 unspecified atom stereocenters. The summed E-state index contributed by atoms with van der Waals surface area (Å²) in [5, 5.41) is 12.9. The summed E-state index contributed by atoms with van der Waals surface area (Å²) in [5.74, 6) is 0.861. The third-order valence-corrected chi connectivity index (χ3v) is 11.4. The molecule has 0 bridgehead atoms. The first-order chi connectivity index (χ1) is 23.0. The lowest BCUT2D eigenvalue weighted by atomic mass is 9.95. The number of hydrogen-bond acceptors (Lipinski definition) is 5. The van der Waals surface area contributed by atoms with E-state index < -0.39 is 7.75 Å². The molecule has 0 aliphatic heterocycles. The van der Waals surface area contributed by atoms with Crippen LogP contribution in [0.4, 0.5) is 0 Å². The average molecular weight is 689 g/mol. The van der Waals surface area contributed by atoms with Gasteiger partial charge in [-0.15, -0.1) is 0 Å². The van der Waals surface area contributed by atoms with Crippen LogP contribution in [0.1, 0.15) is 202 Å². The minimum atomic E-state index is -3.46. The van der Waals surface area contributed by atoms with Gasteiger partial charge in [0.2, 0.25) is 0 Å². The summed E-state index contributed by atoms with van der Waals surface area (Å²) in [6.45, 7) is 15.3. The molecule has 2 atom stereocenters. The van der Waals surface area contributed by atoms with Gasteiger partial charge in [0.05, 0.1) is 19.8 Å². The highest BCUT2D eigenvalue weighted by molar-refractivity contribution is 7.51. The highest BCUT2D eigenvalue weighted by Crippen LogP contribution is 2.45. The van der Waals surface area contributed by atoms with E-state index in [1.807, 2.05) is 0 Å². The first kappa shape index (κ1) is 47.0. The van der Waals surface area contributed by atoms with E-state index in [4.69, 9.17) is 9.05 Å². The SMILES string of the molecule is CCCCCCCCC(CCCCCC)COP(=O)(NCCN(CCO)CCCC)OCC(CCCCCC)CCCCCCCC. The molecule has 0 amide bonds. The minimum Gasteiger partial charge on any atom is -0.395 e. The zero-order valence-corrected chi connectivity index (χ0v) is 33.5. The van der Waals surface area contributed by atoms with Gasteiger partial charge in [0.25, 0.3) is 0 Å². The topological polar surface area (TPSA) is 71.0 Å². The summed E-state index contributed by atoms with van der Waals surface area (Å²) in [6.07, 6.45) is 32.5. The van der Waals surface area contributed by atoms with Crippen LogP contribution in [0.2, 0.25) is 0 Å². The normalized spacial score (nSPS) is 14.5. The van der Waals surface area contributed by atoms with E-state index in [0.29, 0.717) is 38.1 Å². The third-order valence-electron chi connectivity index (χ3n) is 9.80. The van der Waals surface area contributed by atoms with Crippen LogP contribution in [0.3, 0.4) is 0 Å². The first-order valence-corrected chi connectivity index (χ1v) is 22.5. The van der Waals surface area contributed by atoms with E-state index >= 15 is 0 Å². The number of unbranched alkanes of at least 4 members (excludes halogenated alkanes) is 17. The zero-order valence-electron chi connectivity index (χ0n) is 32.6. The molecule has 0 aliphatic carbocycles. The van der Waals surface area contributed by atoms with Crippen molar-refractivity contribution in [3.05, 3.63) is 0 Å². The molecule has 0 radical (unpaired) electrons. The quantitative estimate of drug-likeness (QED) is 0.0495. The van der Waals surface area contributed by atoms with Crippen molar-refractivity contribution < 1.29 is 18.7 Å². The summed E-state index contributed by atoms with van der Waals surface area (Å²) in [6, 6.07) is 0. The van der Waals surface area contributed by atoms with Crippen LogP contribution in [0.15, 0.2) is 0 Å². The van der Waals surface area contributed by atoms with Gasteiger partial charge in [-0.2, -0.15) is 0 Å². The molecule has 284 valence electrons. The van der Waals surface area contributed by atoms with Gasteiger partial charge in [-0.05, 0) is 50.5 Å². The molecular weight excluding hydrogens is 603 g/mol.